The fourth-order valence-electron chi connectivity index (χ4n) is 3.64. The number of aromatic nitrogens is 2. The van der Waals surface area contributed by atoms with E-state index in [1.165, 1.54) is 11.8 Å². The third kappa shape index (κ3) is 5.76. The number of carbonyl (C=O) groups is 2. The molecule has 1 heterocycles. The van der Waals surface area contributed by atoms with E-state index < -0.39 is 5.25 Å². The summed E-state index contributed by atoms with van der Waals surface area (Å²) in [5.41, 5.74) is 3.59. The lowest BCUT2D eigenvalue weighted by molar-refractivity contribution is 0.0942. The summed E-state index contributed by atoms with van der Waals surface area (Å²) in [6.07, 6.45) is 0. The molecule has 0 aliphatic carbocycles. The van der Waals surface area contributed by atoms with Crippen molar-refractivity contribution in [1.82, 2.24) is 14.9 Å². The van der Waals surface area contributed by atoms with E-state index in [1.54, 1.807) is 22.8 Å². The number of thioether (sulfide) groups is 1. The van der Waals surface area contributed by atoms with E-state index in [9.17, 15) is 14.4 Å². The van der Waals surface area contributed by atoms with Gasteiger partial charge in [-0.15, -0.1) is 0 Å². The van der Waals surface area contributed by atoms with Crippen LogP contribution in [0, 0.1) is 19.8 Å². The summed E-state index contributed by atoms with van der Waals surface area (Å²) in [6.45, 7) is 14.2. The maximum atomic E-state index is 13.4. The van der Waals surface area contributed by atoms with Gasteiger partial charge in [-0.3, -0.25) is 19.0 Å². The maximum absolute atomic E-state index is 13.4. The molecule has 0 fully saturated rings. The Hall–Kier alpha value is -2.93. The van der Waals surface area contributed by atoms with E-state index in [1.807, 2.05) is 66.7 Å². The summed E-state index contributed by atoms with van der Waals surface area (Å²) in [6, 6.07) is 10.7. The molecule has 2 aromatic carbocycles. The van der Waals surface area contributed by atoms with Gasteiger partial charge in [0.2, 0.25) is 0 Å². The van der Waals surface area contributed by atoms with Gasteiger partial charge in [-0.25, -0.2) is 4.98 Å². The number of nitrogens with zero attached hydrogens (tertiary/aromatic N) is 2. The summed E-state index contributed by atoms with van der Waals surface area (Å²) in [5.74, 6) is -0.000646. The smallest absolute Gasteiger partial charge is 0.262 e. The summed E-state index contributed by atoms with van der Waals surface area (Å²) < 4.78 is 1.65. The molecule has 7 heteroatoms. The Labute approximate surface area is 205 Å². The lowest BCUT2D eigenvalue weighted by Crippen LogP contribution is -2.30. The molecule has 0 spiro atoms. The molecule has 3 rings (SSSR count). The number of hydrogen-bond donors (Lipinski definition) is 1. The standard InChI is InChI=1S/C27H33N3O3S/c1-15(2)14-30-26(33)22-11-10-21(25(32)28-16(3)4)13-23(22)29-27(30)34-19(7)24(31)20-9-8-17(5)18(6)12-20/h8-13,15-16,19H,14H2,1-7H3,(H,28,32)/t19-/m1/s1. The van der Waals surface area contributed by atoms with Crippen LogP contribution in [0.2, 0.25) is 0 Å². The SMILES string of the molecule is Cc1ccc(C(=O)[C@@H](C)Sc2nc3cc(C(=O)NC(C)C)ccc3c(=O)n2CC(C)C)cc1C. The van der Waals surface area contributed by atoms with Crippen LogP contribution in [0.1, 0.15) is 66.5 Å². The van der Waals surface area contributed by atoms with Gasteiger partial charge in [0.05, 0.1) is 16.2 Å². The second-order valence-corrected chi connectivity index (χ2v) is 10.8. The predicted octanol–water partition coefficient (Wildman–Crippen LogP) is 5.17. The van der Waals surface area contributed by atoms with E-state index in [2.05, 4.69) is 5.32 Å². The summed E-state index contributed by atoms with van der Waals surface area (Å²) in [5, 5.41) is 3.37. The first-order valence-electron chi connectivity index (χ1n) is 11.6. The van der Waals surface area contributed by atoms with Crippen LogP contribution in [0.25, 0.3) is 10.9 Å². The van der Waals surface area contributed by atoms with Crippen molar-refractivity contribution in [3.63, 3.8) is 0 Å². The molecule has 0 saturated carbocycles. The highest BCUT2D eigenvalue weighted by Gasteiger charge is 2.22. The predicted molar refractivity (Wildman–Crippen MR) is 139 cm³/mol. The average molecular weight is 480 g/mol. The number of Topliss-reactive ketones (excluding diaryl/α,β-unsaturated/α-hetero) is 1. The van der Waals surface area contributed by atoms with Crippen molar-refractivity contribution >= 4 is 34.4 Å². The van der Waals surface area contributed by atoms with Crippen LogP contribution in [-0.4, -0.2) is 32.5 Å². The van der Waals surface area contributed by atoms with Gasteiger partial charge in [-0.2, -0.15) is 0 Å². The van der Waals surface area contributed by atoms with Gasteiger partial charge >= 0.3 is 0 Å². The van der Waals surface area contributed by atoms with Crippen LogP contribution < -0.4 is 10.9 Å². The molecule has 0 saturated heterocycles. The average Bonchev–Trinajstić information content (AvgIpc) is 2.76. The minimum Gasteiger partial charge on any atom is -0.350 e. The van der Waals surface area contributed by atoms with Gasteiger partial charge in [0, 0.05) is 23.7 Å². The summed E-state index contributed by atoms with van der Waals surface area (Å²) >= 11 is 1.28. The summed E-state index contributed by atoms with van der Waals surface area (Å²) in [7, 11) is 0. The van der Waals surface area contributed by atoms with Crippen molar-refractivity contribution in [2.45, 2.75) is 71.5 Å². The topological polar surface area (TPSA) is 81.1 Å². The highest BCUT2D eigenvalue weighted by Crippen LogP contribution is 2.26. The number of carbonyl (C=O) groups excluding carboxylic acids is 2. The first kappa shape index (κ1) is 25.7. The Morgan fingerprint density at radius 2 is 1.65 bits per heavy atom. The number of ketones is 1. The van der Waals surface area contributed by atoms with Crippen LogP contribution in [0.4, 0.5) is 0 Å². The number of fused-ring (bicyclic) bond motifs is 1. The zero-order chi connectivity index (χ0) is 25.2. The van der Waals surface area contributed by atoms with Gasteiger partial charge in [0.1, 0.15) is 0 Å². The van der Waals surface area contributed by atoms with Crippen molar-refractivity contribution in [1.29, 1.82) is 0 Å². The minimum atomic E-state index is -0.433. The van der Waals surface area contributed by atoms with Crippen LogP contribution >= 0.6 is 11.8 Å². The quantitative estimate of drug-likeness (QED) is 0.274. The Morgan fingerprint density at radius 3 is 2.26 bits per heavy atom. The molecule has 0 bridgehead atoms. The molecule has 0 unspecified atom stereocenters. The molecule has 0 aliphatic rings. The molecular weight excluding hydrogens is 446 g/mol. The second kappa shape index (κ2) is 10.6. The first-order chi connectivity index (χ1) is 16.0. The molecule has 1 amide bonds. The van der Waals surface area contributed by atoms with Gasteiger partial charge in [0.15, 0.2) is 10.9 Å². The normalized spacial score (nSPS) is 12.4. The Morgan fingerprint density at radius 1 is 0.971 bits per heavy atom. The largest absolute Gasteiger partial charge is 0.350 e. The lowest BCUT2D eigenvalue weighted by atomic mass is 10.0. The van der Waals surface area contributed by atoms with Gasteiger partial charge in [-0.1, -0.05) is 37.7 Å². The van der Waals surface area contributed by atoms with Crippen molar-refractivity contribution in [3.05, 3.63) is 69.0 Å². The van der Waals surface area contributed by atoms with Crippen LogP contribution in [0.5, 0.6) is 0 Å². The van der Waals surface area contributed by atoms with Gasteiger partial charge in [-0.05, 0) is 75.9 Å². The van der Waals surface area contributed by atoms with Crippen molar-refractivity contribution < 1.29 is 9.59 Å². The monoisotopic (exact) mass is 479 g/mol. The highest BCUT2D eigenvalue weighted by molar-refractivity contribution is 8.00. The Balaban J connectivity index is 2.03. The number of amides is 1. The van der Waals surface area contributed by atoms with E-state index in [0.29, 0.717) is 33.7 Å². The van der Waals surface area contributed by atoms with E-state index >= 15 is 0 Å². The van der Waals surface area contributed by atoms with Crippen molar-refractivity contribution in [2.75, 3.05) is 0 Å². The third-order valence-corrected chi connectivity index (χ3v) is 6.68. The Kier molecular flexibility index (Phi) is 7.97. The van der Waals surface area contributed by atoms with E-state index in [4.69, 9.17) is 4.98 Å². The summed E-state index contributed by atoms with van der Waals surface area (Å²) in [4.78, 5) is 43.8. The van der Waals surface area contributed by atoms with Gasteiger partial charge < -0.3 is 5.32 Å². The molecular formula is C27H33N3O3S. The number of nitrogens with one attached hydrogen (secondary N) is 1. The zero-order valence-electron chi connectivity index (χ0n) is 20.9. The van der Waals surface area contributed by atoms with Crippen LogP contribution in [-0.2, 0) is 6.54 Å². The van der Waals surface area contributed by atoms with Crippen LogP contribution in [0.15, 0.2) is 46.3 Å². The first-order valence-corrected chi connectivity index (χ1v) is 12.5. The molecule has 1 aromatic heterocycles. The van der Waals surface area contributed by atoms with E-state index in [-0.39, 0.29) is 29.2 Å². The fraction of sp³-hybridized carbons (Fsp3) is 0.407. The molecule has 180 valence electrons. The maximum Gasteiger partial charge on any atom is 0.262 e. The lowest BCUT2D eigenvalue weighted by Gasteiger charge is -2.18. The highest BCUT2D eigenvalue weighted by atomic mass is 32.2. The minimum absolute atomic E-state index is 0.00131. The molecule has 34 heavy (non-hydrogen) atoms. The molecule has 0 aliphatic heterocycles. The molecule has 0 radical (unpaired) electrons. The molecule has 1 N–H and O–H groups in total. The zero-order valence-corrected chi connectivity index (χ0v) is 21.7. The van der Waals surface area contributed by atoms with Gasteiger partial charge in [0.25, 0.3) is 11.5 Å². The van der Waals surface area contributed by atoms with E-state index in [0.717, 1.165) is 11.1 Å². The fourth-order valence-corrected chi connectivity index (χ4v) is 4.64. The molecule has 1 atom stereocenters. The van der Waals surface area contributed by atoms with Crippen LogP contribution in [0.3, 0.4) is 0 Å². The van der Waals surface area contributed by atoms with Crippen molar-refractivity contribution in [3.8, 4) is 0 Å². The number of aryl methyl sites for hydroxylation is 2. The number of hydrogen-bond acceptors (Lipinski definition) is 5. The number of rotatable bonds is 8. The Bertz CT molecular complexity index is 1290. The molecule has 6 nitrogen and oxygen atoms in total. The number of benzene rings is 2. The third-order valence-electron chi connectivity index (χ3n) is 5.59. The second-order valence-electron chi connectivity index (χ2n) is 9.49. The van der Waals surface area contributed by atoms with Crippen molar-refractivity contribution in [2.24, 2.45) is 5.92 Å². The molecule has 3 aromatic rings.